The number of pyridine rings is 1. The third-order valence-electron chi connectivity index (χ3n) is 6.99. The van der Waals surface area contributed by atoms with E-state index in [9.17, 15) is 0 Å². The average molecular weight is 512 g/mol. The molecule has 0 unspecified atom stereocenters. The molecule has 4 aromatic rings. The van der Waals surface area contributed by atoms with Gasteiger partial charge in [0.2, 0.25) is 0 Å². The molecule has 0 radical (unpaired) electrons. The molecular weight excluding hydrogens is 474 g/mol. The highest BCUT2D eigenvalue weighted by molar-refractivity contribution is 5.84. The van der Waals surface area contributed by atoms with E-state index >= 15 is 0 Å². The van der Waals surface area contributed by atoms with Crippen molar-refractivity contribution >= 4 is 11.0 Å². The Balaban J connectivity index is 0.00000107. The maximum atomic E-state index is 8.89. The smallest absolute Gasteiger partial charge is 0.173 e. The summed E-state index contributed by atoms with van der Waals surface area (Å²) in [6.45, 7) is 5.76. The third kappa shape index (κ3) is 7.18. The van der Waals surface area contributed by atoms with Crippen LogP contribution in [0.5, 0.6) is 5.75 Å². The number of hydrogen-bond donors (Lipinski definition) is 1. The molecule has 7 nitrogen and oxygen atoms in total. The summed E-state index contributed by atoms with van der Waals surface area (Å²) in [5, 5.41) is 17.1. The SMILES string of the molecule is CNC.Cc1c(OCc2ccc(C#N)nc2)ccc2c(CCC3CCN(Cc4ccccc4)CC3)noc12. The zero-order valence-corrected chi connectivity index (χ0v) is 22.6. The maximum Gasteiger partial charge on any atom is 0.173 e. The number of nitrogens with zero attached hydrogens (tertiary/aromatic N) is 4. The van der Waals surface area contributed by atoms with Crippen molar-refractivity contribution < 1.29 is 9.26 Å². The first-order chi connectivity index (χ1) is 18.6. The highest BCUT2D eigenvalue weighted by Gasteiger charge is 2.21. The standard InChI is InChI=1S/C29H30N4O2.C2H7N/c1-21-28(34-20-24-7-9-25(17-30)31-18-24)12-10-26-27(32-35-29(21)26)11-8-22-13-15-33(16-14-22)19-23-5-3-2-4-6-23;1-3-2/h2-7,9-10,12,18,22H,8,11,13-16,19-20H2,1H3;3H,1-2H3. The second-order valence-electron chi connectivity index (χ2n) is 9.89. The summed E-state index contributed by atoms with van der Waals surface area (Å²) in [5.74, 6) is 1.51. The molecule has 1 fully saturated rings. The van der Waals surface area contributed by atoms with Gasteiger partial charge in [-0.1, -0.05) is 41.6 Å². The second kappa shape index (κ2) is 13.7. The van der Waals surface area contributed by atoms with Gasteiger partial charge in [-0.05, 0) is 89.5 Å². The molecule has 198 valence electrons. The fourth-order valence-corrected chi connectivity index (χ4v) is 4.86. The minimum absolute atomic E-state index is 0.384. The number of fused-ring (bicyclic) bond motifs is 1. The van der Waals surface area contributed by atoms with Crippen LogP contribution in [-0.4, -0.2) is 42.2 Å². The predicted molar refractivity (Wildman–Crippen MR) is 150 cm³/mol. The number of piperidine rings is 1. The van der Waals surface area contributed by atoms with Gasteiger partial charge in [-0.2, -0.15) is 5.26 Å². The number of aryl methyl sites for hydroxylation is 2. The van der Waals surface area contributed by atoms with Gasteiger partial charge in [0.25, 0.3) is 0 Å². The van der Waals surface area contributed by atoms with Gasteiger partial charge in [0.05, 0.1) is 5.69 Å². The second-order valence-corrected chi connectivity index (χ2v) is 9.89. The number of hydrogen-bond acceptors (Lipinski definition) is 7. The lowest BCUT2D eigenvalue weighted by Gasteiger charge is -2.31. The number of nitrogens with one attached hydrogen (secondary N) is 1. The Hall–Kier alpha value is -3.73. The molecule has 1 aliphatic heterocycles. The van der Waals surface area contributed by atoms with Crippen molar-refractivity contribution in [3.8, 4) is 11.8 Å². The van der Waals surface area contributed by atoms with Crippen molar-refractivity contribution in [2.75, 3.05) is 27.2 Å². The van der Waals surface area contributed by atoms with Crippen molar-refractivity contribution in [3.63, 3.8) is 0 Å². The van der Waals surface area contributed by atoms with Crippen molar-refractivity contribution in [2.24, 2.45) is 5.92 Å². The zero-order chi connectivity index (χ0) is 26.7. The molecular formula is C31H37N5O2. The number of likely N-dealkylation sites (tertiary alicyclic amines) is 1. The molecule has 1 N–H and O–H groups in total. The van der Waals surface area contributed by atoms with E-state index in [-0.39, 0.29) is 0 Å². The van der Waals surface area contributed by atoms with E-state index in [0.29, 0.717) is 12.3 Å². The van der Waals surface area contributed by atoms with Crippen LogP contribution in [0.1, 0.15) is 47.3 Å². The first kappa shape index (κ1) is 27.3. The summed E-state index contributed by atoms with van der Waals surface area (Å²) in [5.41, 5.74) is 5.50. The number of rotatable bonds is 8. The summed E-state index contributed by atoms with van der Waals surface area (Å²) >= 11 is 0. The average Bonchev–Trinajstić information content (AvgIpc) is 3.37. The molecule has 0 spiro atoms. The quantitative estimate of drug-likeness (QED) is 0.326. The first-order valence-electron chi connectivity index (χ1n) is 13.3. The normalized spacial score (nSPS) is 14.1. The molecule has 2 aromatic carbocycles. The Morgan fingerprint density at radius 1 is 1.05 bits per heavy atom. The fraction of sp³-hybridized carbons (Fsp3) is 0.387. The Labute approximate surface area is 225 Å². The molecule has 0 amide bonds. The predicted octanol–water partition coefficient (Wildman–Crippen LogP) is 5.66. The molecule has 0 saturated carbocycles. The summed E-state index contributed by atoms with van der Waals surface area (Å²) < 4.78 is 11.7. The Bertz CT molecular complexity index is 1320. The molecule has 3 heterocycles. The van der Waals surface area contributed by atoms with E-state index in [4.69, 9.17) is 14.5 Å². The van der Waals surface area contributed by atoms with Gasteiger partial charge in [-0.15, -0.1) is 0 Å². The van der Waals surface area contributed by atoms with Crippen molar-refractivity contribution in [3.05, 3.63) is 88.9 Å². The summed E-state index contributed by atoms with van der Waals surface area (Å²) in [4.78, 5) is 6.66. The van der Waals surface area contributed by atoms with Crippen LogP contribution in [0.3, 0.4) is 0 Å². The number of ether oxygens (including phenoxy) is 1. The zero-order valence-electron chi connectivity index (χ0n) is 22.6. The molecule has 0 bridgehead atoms. The molecule has 5 rings (SSSR count). The van der Waals surface area contributed by atoms with Gasteiger partial charge < -0.3 is 14.6 Å². The van der Waals surface area contributed by atoms with Crippen LogP contribution in [0.15, 0.2) is 65.3 Å². The van der Waals surface area contributed by atoms with E-state index in [1.807, 2.05) is 39.2 Å². The molecule has 38 heavy (non-hydrogen) atoms. The van der Waals surface area contributed by atoms with Gasteiger partial charge in [0, 0.05) is 29.3 Å². The third-order valence-corrected chi connectivity index (χ3v) is 6.99. The van der Waals surface area contributed by atoms with Gasteiger partial charge in [0.15, 0.2) is 5.58 Å². The van der Waals surface area contributed by atoms with Crippen molar-refractivity contribution in [2.45, 2.75) is 45.8 Å². The fourth-order valence-electron chi connectivity index (χ4n) is 4.86. The molecule has 1 aliphatic rings. The van der Waals surface area contributed by atoms with E-state index < -0.39 is 0 Å². The summed E-state index contributed by atoms with van der Waals surface area (Å²) in [6.07, 6.45) is 6.23. The lowest BCUT2D eigenvalue weighted by molar-refractivity contribution is 0.172. The lowest BCUT2D eigenvalue weighted by atomic mass is 9.91. The maximum absolute atomic E-state index is 8.89. The molecule has 2 aromatic heterocycles. The minimum Gasteiger partial charge on any atom is -0.488 e. The highest BCUT2D eigenvalue weighted by atomic mass is 16.5. The van der Waals surface area contributed by atoms with Crippen molar-refractivity contribution in [1.82, 2.24) is 20.4 Å². The Kier molecular flexibility index (Phi) is 9.85. The van der Waals surface area contributed by atoms with Crippen LogP contribution in [0.2, 0.25) is 0 Å². The Morgan fingerprint density at radius 2 is 1.82 bits per heavy atom. The topological polar surface area (TPSA) is 87.2 Å². The van der Waals surface area contributed by atoms with Crippen LogP contribution in [-0.2, 0) is 19.6 Å². The number of nitriles is 1. The number of benzene rings is 2. The summed E-state index contributed by atoms with van der Waals surface area (Å²) in [6, 6.07) is 20.4. The van der Waals surface area contributed by atoms with Crippen molar-refractivity contribution in [1.29, 1.82) is 5.26 Å². The van der Waals surface area contributed by atoms with Gasteiger partial charge in [-0.3, -0.25) is 4.90 Å². The molecule has 7 heteroatoms. The van der Waals surface area contributed by atoms with Gasteiger partial charge >= 0.3 is 0 Å². The lowest BCUT2D eigenvalue weighted by Crippen LogP contribution is -2.33. The van der Waals surface area contributed by atoms with Crippen LogP contribution in [0.4, 0.5) is 0 Å². The van der Waals surface area contributed by atoms with Gasteiger partial charge in [-0.25, -0.2) is 4.98 Å². The first-order valence-corrected chi connectivity index (χ1v) is 13.3. The largest absolute Gasteiger partial charge is 0.488 e. The Morgan fingerprint density at radius 3 is 2.50 bits per heavy atom. The van der Waals surface area contributed by atoms with Crippen LogP contribution < -0.4 is 10.1 Å². The van der Waals surface area contributed by atoms with Gasteiger partial charge in [0.1, 0.15) is 24.1 Å². The molecule has 0 atom stereocenters. The van der Waals surface area contributed by atoms with Crippen LogP contribution in [0, 0.1) is 24.2 Å². The van der Waals surface area contributed by atoms with Crippen LogP contribution in [0.25, 0.3) is 11.0 Å². The molecule has 1 saturated heterocycles. The monoisotopic (exact) mass is 511 g/mol. The van der Waals surface area contributed by atoms with E-state index in [0.717, 1.165) is 71.9 Å². The van der Waals surface area contributed by atoms with E-state index in [1.54, 1.807) is 12.3 Å². The van der Waals surface area contributed by atoms with E-state index in [1.165, 1.54) is 18.4 Å². The minimum atomic E-state index is 0.384. The summed E-state index contributed by atoms with van der Waals surface area (Å²) in [7, 11) is 3.75. The number of aromatic nitrogens is 2. The highest BCUT2D eigenvalue weighted by Crippen LogP contribution is 2.31. The van der Waals surface area contributed by atoms with Crippen LogP contribution >= 0.6 is 0 Å². The molecule has 0 aliphatic carbocycles. The van der Waals surface area contributed by atoms with E-state index in [2.05, 4.69) is 56.8 Å².